The molecule has 0 radical (unpaired) electrons. The number of carbonyl (C=O) groups excluding carboxylic acids is 1. The van der Waals surface area contributed by atoms with Crippen LogP contribution in [0.25, 0.3) is 0 Å². The number of halogens is 1. The predicted molar refractivity (Wildman–Crippen MR) is 79.6 cm³/mol. The van der Waals surface area contributed by atoms with E-state index in [0.29, 0.717) is 12.2 Å². The lowest BCUT2D eigenvalue weighted by Crippen LogP contribution is -2.30. The number of hydrogen-bond acceptors (Lipinski definition) is 3. The van der Waals surface area contributed by atoms with Crippen molar-refractivity contribution in [2.75, 3.05) is 6.54 Å². The van der Waals surface area contributed by atoms with E-state index in [2.05, 4.69) is 31.4 Å². The highest BCUT2D eigenvalue weighted by atomic mass is 79.9. The van der Waals surface area contributed by atoms with Crippen LogP contribution in [0.4, 0.5) is 0 Å². The van der Waals surface area contributed by atoms with Crippen LogP contribution in [0.1, 0.15) is 36.1 Å². The molecule has 2 aromatic heterocycles. The second-order valence-corrected chi connectivity index (χ2v) is 5.66. The van der Waals surface area contributed by atoms with Gasteiger partial charge in [0.25, 0.3) is 5.91 Å². The van der Waals surface area contributed by atoms with Crippen LogP contribution < -0.4 is 5.32 Å². The Hall–Kier alpha value is -1.63. The summed E-state index contributed by atoms with van der Waals surface area (Å²) >= 11 is 3.39. The van der Waals surface area contributed by atoms with Crippen LogP contribution >= 0.6 is 15.9 Å². The van der Waals surface area contributed by atoms with Crippen molar-refractivity contribution in [3.05, 3.63) is 34.6 Å². The first-order chi connectivity index (χ1) is 9.52. The monoisotopic (exact) mass is 339 g/mol. The van der Waals surface area contributed by atoms with E-state index in [0.717, 1.165) is 16.8 Å². The summed E-state index contributed by atoms with van der Waals surface area (Å²) in [5, 5.41) is 10.8. The number of amides is 1. The first kappa shape index (κ1) is 14.8. The SMILES string of the molecule is CCn1cc(Br)cc1C(=O)NCC(C)c1nncn1C. The molecule has 0 bridgehead atoms. The molecule has 2 aromatic rings. The van der Waals surface area contributed by atoms with Gasteiger partial charge in [-0.3, -0.25) is 4.79 Å². The van der Waals surface area contributed by atoms with Gasteiger partial charge in [0.15, 0.2) is 0 Å². The summed E-state index contributed by atoms with van der Waals surface area (Å²) in [5.41, 5.74) is 0.657. The van der Waals surface area contributed by atoms with Gasteiger partial charge in [0.05, 0.1) is 0 Å². The third-order valence-electron chi connectivity index (χ3n) is 3.19. The van der Waals surface area contributed by atoms with Gasteiger partial charge in [-0.15, -0.1) is 10.2 Å². The topological polar surface area (TPSA) is 64.7 Å². The van der Waals surface area contributed by atoms with Crippen LogP contribution in [0, 0.1) is 0 Å². The zero-order valence-electron chi connectivity index (χ0n) is 11.8. The number of aryl methyl sites for hydroxylation is 2. The molecular formula is C13H18BrN5O. The largest absolute Gasteiger partial charge is 0.350 e. The van der Waals surface area contributed by atoms with Crippen molar-refractivity contribution in [1.29, 1.82) is 0 Å². The van der Waals surface area contributed by atoms with Crippen LogP contribution in [0.3, 0.4) is 0 Å². The first-order valence-corrected chi connectivity index (χ1v) is 7.30. The van der Waals surface area contributed by atoms with Gasteiger partial charge >= 0.3 is 0 Å². The van der Waals surface area contributed by atoms with Crippen LogP contribution in [0.2, 0.25) is 0 Å². The van der Waals surface area contributed by atoms with Crippen molar-refractivity contribution in [3.63, 3.8) is 0 Å². The van der Waals surface area contributed by atoms with Crippen molar-refractivity contribution in [2.45, 2.75) is 26.3 Å². The lowest BCUT2D eigenvalue weighted by molar-refractivity contribution is 0.0942. The van der Waals surface area contributed by atoms with Crippen LogP contribution in [-0.4, -0.2) is 31.8 Å². The van der Waals surface area contributed by atoms with E-state index < -0.39 is 0 Å². The predicted octanol–water partition coefficient (Wildman–Crippen LogP) is 1.93. The molecular weight excluding hydrogens is 322 g/mol. The van der Waals surface area contributed by atoms with Gasteiger partial charge < -0.3 is 14.5 Å². The second kappa shape index (κ2) is 6.21. The molecule has 108 valence electrons. The van der Waals surface area contributed by atoms with E-state index in [1.165, 1.54) is 0 Å². The molecule has 20 heavy (non-hydrogen) atoms. The highest BCUT2D eigenvalue weighted by Crippen LogP contribution is 2.15. The number of carbonyl (C=O) groups is 1. The molecule has 1 amide bonds. The molecule has 0 saturated heterocycles. The van der Waals surface area contributed by atoms with Gasteiger partial charge in [0.2, 0.25) is 0 Å². The Morgan fingerprint density at radius 3 is 2.90 bits per heavy atom. The van der Waals surface area contributed by atoms with E-state index in [1.54, 1.807) is 6.33 Å². The zero-order chi connectivity index (χ0) is 14.7. The lowest BCUT2D eigenvalue weighted by atomic mass is 10.1. The summed E-state index contributed by atoms with van der Waals surface area (Å²) in [6, 6.07) is 1.83. The van der Waals surface area contributed by atoms with Crippen molar-refractivity contribution in [2.24, 2.45) is 7.05 Å². The Morgan fingerprint density at radius 1 is 1.55 bits per heavy atom. The Kier molecular flexibility index (Phi) is 4.59. The number of aromatic nitrogens is 4. The standard InChI is InChI=1S/C13H18BrN5O/c1-4-19-7-10(14)5-11(19)13(20)15-6-9(2)12-17-16-8-18(12)3/h5,7-9H,4,6H2,1-3H3,(H,15,20). The fourth-order valence-corrected chi connectivity index (χ4v) is 2.56. The minimum Gasteiger partial charge on any atom is -0.350 e. The number of rotatable bonds is 5. The normalized spacial score (nSPS) is 12.4. The molecule has 0 spiro atoms. The average Bonchev–Trinajstić information content (AvgIpc) is 3.01. The maximum absolute atomic E-state index is 12.2. The minimum absolute atomic E-state index is 0.0773. The van der Waals surface area contributed by atoms with Crippen LogP contribution in [0.15, 0.2) is 23.1 Å². The highest BCUT2D eigenvalue weighted by molar-refractivity contribution is 9.10. The molecule has 6 nitrogen and oxygen atoms in total. The quantitative estimate of drug-likeness (QED) is 0.905. The van der Waals surface area contributed by atoms with Gasteiger partial charge in [-0.05, 0) is 28.9 Å². The van der Waals surface area contributed by atoms with E-state index in [1.807, 2.05) is 42.3 Å². The Labute approximate surface area is 126 Å². The maximum atomic E-state index is 12.2. The van der Waals surface area contributed by atoms with Gasteiger partial charge in [-0.2, -0.15) is 0 Å². The lowest BCUT2D eigenvalue weighted by Gasteiger charge is -2.12. The summed E-state index contributed by atoms with van der Waals surface area (Å²) in [4.78, 5) is 12.2. The molecule has 0 aliphatic rings. The molecule has 0 aromatic carbocycles. The van der Waals surface area contributed by atoms with Crippen molar-refractivity contribution in [3.8, 4) is 0 Å². The van der Waals surface area contributed by atoms with E-state index in [9.17, 15) is 4.79 Å². The van der Waals surface area contributed by atoms with Gasteiger partial charge in [-0.1, -0.05) is 6.92 Å². The van der Waals surface area contributed by atoms with Crippen molar-refractivity contribution in [1.82, 2.24) is 24.6 Å². The van der Waals surface area contributed by atoms with Crippen LogP contribution in [0.5, 0.6) is 0 Å². The van der Waals surface area contributed by atoms with Crippen molar-refractivity contribution < 1.29 is 4.79 Å². The summed E-state index contributed by atoms with van der Waals surface area (Å²) in [6.45, 7) is 5.30. The fourth-order valence-electron chi connectivity index (χ4n) is 2.09. The van der Waals surface area contributed by atoms with E-state index in [-0.39, 0.29) is 11.8 Å². The third kappa shape index (κ3) is 3.09. The van der Waals surface area contributed by atoms with Crippen molar-refractivity contribution >= 4 is 21.8 Å². The van der Waals surface area contributed by atoms with Gasteiger partial charge in [0.1, 0.15) is 17.8 Å². The highest BCUT2D eigenvalue weighted by Gasteiger charge is 2.16. The molecule has 1 atom stereocenters. The minimum atomic E-state index is -0.0773. The number of hydrogen-bond donors (Lipinski definition) is 1. The summed E-state index contributed by atoms with van der Waals surface area (Å²) in [6.07, 6.45) is 3.56. The molecule has 1 unspecified atom stereocenters. The summed E-state index contributed by atoms with van der Waals surface area (Å²) in [7, 11) is 1.90. The Balaban J connectivity index is 2.00. The molecule has 0 aliphatic heterocycles. The molecule has 2 heterocycles. The third-order valence-corrected chi connectivity index (χ3v) is 3.63. The molecule has 0 fully saturated rings. The van der Waals surface area contributed by atoms with Gasteiger partial charge in [0, 0.05) is 36.7 Å². The van der Waals surface area contributed by atoms with Crippen LogP contribution in [-0.2, 0) is 13.6 Å². The fraction of sp³-hybridized carbons (Fsp3) is 0.462. The zero-order valence-corrected chi connectivity index (χ0v) is 13.4. The Morgan fingerprint density at radius 2 is 2.30 bits per heavy atom. The smallest absolute Gasteiger partial charge is 0.267 e. The maximum Gasteiger partial charge on any atom is 0.267 e. The average molecular weight is 340 g/mol. The molecule has 0 saturated carbocycles. The van der Waals surface area contributed by atoms with E-state index in [4.69, 9.17) is 0 Å². The Bertz CT molecular complexity index is 604. The summed E-state index contributed by atoms with van der Waals surface area (Å²) < 4.78 is 4.68. The van der Waals surface area contributed by atoms with Gasteiger partial charge in [-0.25, -0.2) is 0 Å². The first-order valence-electron chi connectivity index (χ1n) is 6.50. The molecule has 0 aliphatic carbocycles. The number of nitrogens with zero attached hydrogens (tertiary/aromatic N) is 4. The summed E-state index contributed by atoms with van der Waals surface area (Å²) in [5.74, 6) is 0.892. The molecule has 2 rings (SSSR count). The molecule has 1 N–H and O–H groups in total. The number of nitrogens with one attached hydrogen (secondary N) is 1. The van der Waals surface area contributed by atoms with E-state index >= 15 is 0 Å². The molecule has 7 heteroatoms. The second-order valence-electron chi connectivity index (χ2n) is 4.74.